The molecule has 1 saturated heterocycles. The summed E-state index contributed by atoms with van der Waals surface area (Å²) in [4.78, 5) is 6.00. The highest BCUT2D eigenvalue weighted by atomic mass is 35.6. The van der Waals surface area contributed by atoms with Crippen LogP contribution >= 0.6 is 11.1 Å². The van der Waals surface area contributed by atoms with Crippen LogP contribution in [0.5, 0.6) is 0 Å². The van der Waals surface area contributed by atoms with Crippen LogP contribution < -0.4 is 0 Å². The normalized spacial score (nSPS) is 21.9. The highest BCUT2D eigenvalue weighted by Gasteiger charge is 2.48. The van der Waals surface area contributed by atoms with E-state index >= 15 is 0 Å². The van der Waals surface area contributed by atoms with Crippen molar-refractivity contribution in [1.29, 1.82) is 0 Å². The lowest BCUT2D eigenvalue weighted by molar-refractivity contribution is -0.305. The third kappa shape index (κ3) is 12.1. The summed E-state index contributed by atoms with van der Waals surface area (Å²) in [5.74, 6) is 0. The molecule has 0 amide bonds. The molecule has 0 radical (unpaired) electrons. The van der Waals surface area contributed by atoms with Gasteiger partial charge in [0.2, 0.25) is 0 Å². The summed E-state index contributed by atoms with van der Waals surface area (Å²) in [6.07, 6.45) is 2.18. The minimum atomic E-state index is -1.54. The van der Waals surface area contributed by atoms with Gasteiger partial charge in [0, 0.05) is 17.2 Å². The fraction of sp³-hybridized carbons (Fsp3) is 1.00. The maximum absolute atomic E-state index is 9.92. The van der Waals surface area contributed by atoms with Gasteiger partial charge in [-0.2, -0.15) is 16.1 Å². The van der Waals surface area contributed by atoms with Crippen molar-refractivity contribution in [2.75, 3.05) is 6.61 Å². The maximum Gasteiger partial charge on any atom is 0.184 e. The molecule has 1 aliphatic heterocycles. The third-order valence-electron chi connectivity index (χ3n) is 3.62. The van der Waals surface area contributed by atoms with E-state index in [4.69, 9.17) is 20.3 Å². The van der Waals surface area contributed by atoms with Crippen molar-refractivity contribution in [2.45, 2.75) is 116 Å². The molecule has 1 fully saturated rings. The van der Waals surface area contributed by atoms with Crippen LogP contribution in [-0.4, -0.2) is 55.3 Å². The summed E-state index contributed by atoms with van der Waals surface area (Å²) in [6, 6.07) is 0. The average molecular weight is 426 g/mol. The highest BCUT2D eigenvalue weighted by molar-refractivity contribution is 7.18. The Balaban J connectivity index is 0.00000110. The molecule has 0 aliphatic carbocycles. The Kier molecular flexibility index (Phi) is 9.12. The van der Waals surface area contributed by atoms with Gasteiger partial charge in [0.25, 0.3) is 0 Å². The topological polar surface area (TPSA) is 41.9 Å². The first-order valence-electron chi connectivity index (χ1n) is 9.65. The molecule has 1 aliphatic rings. The molecule has 7 heteroatoms. The molecule has 0 aromatic carbocycles. The van der Waals surface area contributed by atoms with Gasteiger partial charge in [0.05, 0.1) is 12.2 Å². The van der Waals surface area contributed by atoms with E-state index < -0.39 is 21.3 Å². The first kappa shape index (κ1) is 26.6. The van der Waals surface area contributed by atoms with Crippen molar-refractivity contribution in [1.82, 2.24) is 5.06 Å². The molecule has 1 heterocycles. The second-order valence-corrected chi connectivity index (χ2v) is 23.3. The molecular formula is C19H44ClNO3Si2. The summed E-state index contributed by atoms with van der Waals surface area (Å²) in [5, 5.41) is 12.0. The molecule has 0 bridgehead atoms. The van der Waals surface area contributed by atoms with Crippen LogP contribution in [0.4, 0.5) is 0 Å². The lowest BCUT2D eigenvalue weighted by atomic mass is 9.80. The molecule has 26 heavy (non-hydrogen) atoms. The molecule has 4 nitrogen and oxygen atoms in total. The third-order valence-corrected chi connectivity index (χ3v) is 4.66. The van der Waals surface area contributed by atoms with Crippen molar-refractivity contribution in [3.63, 3.8) is 0 Å². The van der Waals surface area contributed by atoms with Crippen molar-refractivity contribution in [3.05, 3.63) is 0 Å². The number of hydrogen-bond acceptors (Lipinski definition) is 4. The average Bonchev–Trinajstić information content (AvgIpc) is 2.17. The smallest absolute Gasteiger partial charge is 0.184 e. The van der Waals surface area contributed by atoms with Crippen molar-refractivity contribution in [2.24, 2.45) is 0 Å². The Morgan fingerprint density at radius 1 is 1.00 bits per heavy atom. The number of nitrogens with zero attached hydrogens (tertiary/aromatic N) is 1. The van der Waals surface area contributed by atoms with Gasteiger partial charge in [-0.3, -0.25) is 4.84 Å². The molecule has 1 rings (SSSR count). The van der Waals surface area contributed by atoms with E-state index in [1.807, 2.05) is 0 Å². The van der Waals surface area contributed by atoms with Gasteiger partial charge in [-0.05, 0) is 74.0 Å². The molecule has 0 aromatic heterocycles. The van der Waals surface area contributed by atoms with E-state index in [1.165, 1.54) is 0 Å². The minimum absolute atomic E-state index is 0.114. The Labute approximate surface area is 169 Å². The molecule has 0 aromatic rings. The minimum Gasteiger partial charge on any atom is -0.415 e. The summed E-state index contributed by atoms with van der Waals surface area (Å²) < 4.78 is 6.35. The van der Waals surface area contributed by atoms with Crippen LogP contribution in [-0.2, 0) is 9.26 Å². The number of aliphatic hydroxyl groups is 1. The predicted molar refractivity (Wildman–Crippen MR) is 119 cm³/mol. The number of rotatable bonds is 5. The number of halogens is 1. The number of piperidine rings is 1. The van der Waals surface area contributed by atoms with Gasteiger partial charge in [-0.1, -0.05) is 19.6 Å². The van der Waals surface area contributed by atoms with E-state index in [9.17, 15) is 5.11 Å². The van der Waals surface area contributed by atoms with Crippen LogP contribution in [0.2, 0.25) is 39.3 Å². The molecule has 158 valence electrons. The Hall–Kier alpha value is 0.564. The molecule has 0 atom stereocenters. The first-order chi connectivity index (χ1) is 11.1. The van der Waals surface area contributed by atoms with Crippen molar-refractivity contribution in [3.8, 4) is 0 Å². The fourth-order valence-electron chi connectivity index (χ4n) is 3.33. The van der Waals surface area contributed by atoms with Gasteiger partial charge >= 0.3 is 0 Å². The van der Waals surface area contributed by atoms with Crippen LogP contribution in [0.15, 0.2) is 0 Å². The van der Waals surface area contributed by atoms with E-state index in [0.717, 1.165) is 12.8 Å². The second-order valence-electron chi connectivity index (χ2n) is 11.3. The monoisotopic (exact) mass is 425 g/mol. The molecule has 1 N–H and O–H groups in total. The Morgan fingerprint density at radius 3 is 1.62 bits per heavy atom. The summed E-state index contributed by atoms with van der Waals surface area (Å²) in [5.41, 5.74) is -1.05. The Bertz CT molecular complexity index is 414. The SMILES string of the molecule is CC(C)(O)CON1C(C)(C)CC(O[Si](C)(C)C)CC1(C)C.C[Si](C)(C)Cl. The van der Waals surface area contributed by atoms with Gasteiger partial charge in [-0.25, -0.2) is 0 Å². The van der Waals surface area contributed by atoms with E-state index in [2.05, 4.69) is 72.0 Å². The van der Waals surface area contributed by atoms with Crippen LogP contribution in [0.3, 0.4) is 0 Å². The summed E-state index contributed by atoms with van der Waals surface area (Å²) >= 11 is 5.67. The quantitative estimate of drug-likeness (QED) is 0.458. The molecule has 0 spiro atoms. The van der Waals surface area contributed by atoms with Gasteiger partial charge in [0.15, 0.2) is 8.32 Å². The van der Waals surface area contributed by atoms with Crippen LogP contribution in [0.25, 0.3) is 0 Å². The van der Waals surface area contributed by atoms with Gasteiger partial charge in [0.1, 0.15) is 7.38 Å². The number of hydrogen-bond donors (Lipinski definition) is 1. The first-order valence-corrected chi connectivity index (χ1v) is 17.6. The largest absolute Gasteiger partial charge is 0.415 e. The zero-order chi connectivity index (χ0) is 21.2. The Morgan fingerprint density at radius 2 is 1.35 bits per heavy atom. The molecule has 0 unspecified atom stereocenters. The van der Waals surface area contributed by atoms with Crippen molar-refractivity contribution >= 4 is 26.8 Å². The van der Waals surface area contributed by atoms with Gasteiger partial charge < -0.3 is 9.53 Å². The van der Waals surface area contributed by atoms with E-state index in [0.29, 0.717) is 6.61 Å². The standard InChI is InChI=1S/C16H35NO3Si.C3H9ClSi/c1-14(2)10-13(20-21(7,8)9)11-15(3,4)17(14)19-12-16(5,6)18;1-5(2,3)4/h13,18H,10-12H2,1-9H3;1-3H3. The zero-order valence-electron chi connectivity index (χ0n) is 19.3. The summed E-state index contributed by atoms with van der Waals surface area (Å²) in [7, 11) is -2.68. The lowest BCUT2D eigenvalue weighted by Crippen LogP contribution is -2.63. The predicted octanol–water partition coefficient (Wildman–Crippen LogP) is 5.62. The maximum atomic E-state index is 9.92. The second kappa shape index (κ2) is 8.93. The summed E-state index contributed by atoms with van der Waals surface area (Å²) in [6.45, 7) is 25.6. The van der Waals surface area contributed by atoms with E-state index in [-0.39, 0.29) is 17.2 Å². The number of hydroxylamine groups is 2. The zero-order valence-corrected chi connectivity index (χ0v) is 22.0. The van der Waals surface area contributed by atoms with Crippen LogP contribution in [0.1, 0.15) is 54.4 Å². The van der Waals surface area contributed by atoms with Crippen LogP contribution in [0, 0.1) is 0 Å². The lowest BCUT2D eigenvalue weighted by Gasteiger charge is -2.54. The van der Waals surface area contributed by atoms with Crippen molar-refractivity contribution < 1.29 is 14.4 Å². The van der Waals surface area contributed by atoms with E-state index in [1.54, 1.807) is 13.8 Å². The fourth-order valence-corrected chi connectivity index (χ4v) is 4.49. The molecule has 0 saturated carbocycles. The van der Waals surface area contributed by atoms with Gasteiger partial charge in [-0.15, -0.1) is 0 Å². The molecular weight excluding hydrogens is 382 g/mol. The highest BCUT2D eigenvalue weighted by Crippen LogP contribution is 2.40.